The van der Waals surface area contributed by atoms with E-state index < -0.39 is 10.9 Å². The number of aliphatic imine (C=N–C) groups is 2. The fourth-order valence-electron chi connectivity index (χ4n) is 1.45. The second-order valence-corrected chi connectivity index (χ2v) is 3.73. The summed E-state index contributed by atoms with van der Waals surface area (Å²) in [4.78, 5) is 28.3. The topological polar surface area (TPSA) is 183 Å². The first-order chi connectivity index (χ1) is 9.22. The van der Waals surface area contributed by atoms with Crippen LogP contribution >= 0.6 is 0 Å². The first-order valence-electron chi connectivity index (χ1n) is 5.18. The number of benzene rings is 1. The number of guanidine groups is 2. The quantitative estimate of drug-likeness (QED) is 0.256. The Morgan fingerprint density at radius 3 is 2.40 bits per heavy atom. The average Bonchev–Trinajstić information content (AvgIpc) is 2.29. The fourth-order valence-corrected chi connectivity index (χ4v) is 1.45. The number of carboxylic acids is 1. The molecule has 0 aromatic heterocycles. The molecule has 0 saturated heterocycles. The molecule has 0 saturated carbocycles. The van der Waals surface area contributed by atoms with Gasteiger partial charge in [0.25, 0.3) is 5.69 Å². The van der Waals surface area contributed by atoms with Gasteiger partial charge in [-0.15, -0.1) is 0 Å². The maximum absolute atomic E-state index is 11.1. The van der Waals surface area contributed by atoms with E-state index in [2.05, 4.69) is 9.98 Å². The van der Waals surface area contributed by atoms with Crippen molar-refractivity contribution >= 4 is 29.3 Å². The van der Waals surface area contributed by atoms with Crippen LogP contribution in [0.3, 0.4) is 0 Å². The van der Waals surface area contributed by atoms with E-state index in [0.29, 0.717) is 0 Å². The number of rotatable bonds is 3. The number of carbonyl (C=O) groups is 1. The van der Waals surface area contributed by atoms with E-state index in [1.54, 1.807) is 0 Å². The number of non-ortho nitro benzene ring substituents is 1. The Morgan fingerprint density at radius 2 is 1.95 bits per heavy atom. The standard InChI is InChI=1S/C10H12N6O4/c1-4-2-5(16(19)20)3-6(8(17)18)7(4)14-10(13)15-9(11)12/h2-3H,1H3,(H,17,18)(H6,11,12,13,14,15). The predicted octanol–water partition coefficient (Wildman–Crippen LogP) is -0.179. The van der Waals surface area contributed by atoms with Crippen molar-refractivity contribution in [3.05, 3.63) is 33.4 Å². The van der Waals surface area contributed by atoms with Gasteiger partial charge in [-0.2, -0.15) is 4.99 Å². The molecule has 7 N–H and O–H groups in total. The third-order valence-electron chi connectivity index (χ3n) is 2.20. The molecule has 10 nitrogen and oxygen atoms in total. The lowest BCUT2D eigenvalue weighted by molar-refractivity contribution is -0.384. The van der Waals surface area contributed by atoms with Crippen LogP contribution in [0.1, 0.15) is 15.9 Å². The predicted molar refractivity (Wildman–Crippen MR) is 71.9 cm³/mol. The molecule has 20 heavy (non-hydrogen) atoms. The lowest BCUT2D eigenvalue weighted by atomic mass is 10.1. The molecule has 106 valence electrons. The van der Waals surface area contributed by atoms with E-state index in [0.717, 1.165) is 6.07 Å². The van der Waals surface area contributed by atoms with E-state index >= 15 is 0 Å². The van der Waals surface area contributed by atoms with Crippen LogP contribution in [0.25, 0.3) is 0 Å². The molecular weight excluding hydrogens is 268 g/mol. The van der Waals surface area contributed by atoms with Gasteiger partial charge in [0, 0.05) is 12.1 Å². The number of carboxylic acid groups (broad SMARTS) is 1. The lowest BCUT2D eigenvalue weighted by Gasteiger charge is -2.05. The van der Waals surface area contributed by atoms with Crippen molar-refractivity contribution in [2.45, 2.75) is 6.92 Å². The highest BCUT2D eigenvalue weighted by molar-refractivity contribution is 5.99. The highest BCUT2D eigenvalue weighted by Crippen LogP contribution is 2.29. The Morgan fingerprint density at radius 1 is 1.35 bits per heavy atom. The number of nitrogens with zero attached hydrogens (tertiary/aromatic N) is 3. The number of hydrogen-bond donors (Lipinski definition) is 4. The minimum atomic E-state index is -1.38. The summed E-state index contributed by atoms with van der Waals surface area (Å²) < 4.78 is 0. The maximum atomic E-state index is 11.1. The van der Waals surface area contributed by atoms with Crippen molar-refractivity contribution in [1.82, 2.24) is 0 Å². The molecule has 10 heteroatoms. The third kappa shape index (κ3) is 3.41. The van der Waals surface area contributed by atoms with E-state index in [9.17, 15) is 14.9 Å². The van der Waals surface area contributed by atoms with Gasteiger partial charge >= 0.3 is 5.97 Å². The first kappa shape index (κ1) is 14.9. The molecule has 0 amide bonds. The van der Waals surface area contributed by atoms with Crippen LogP contribution in [0.2, 0.25) is 0 Å². The van der Waals surface area contributed by atoms with Crippen LogP contribution in [0.15, 0.2) is 22.1 Å². The van der Waals surface area contributed by atoms with Crippen molar-refractivity contribution in [2.24, 2.45) is 27.2 Å². The van der Waals surface area contributed by atoms with Gasteiger partial charge < -0.3 is 22.3 Å². The summed E-state index contributed by atoms with van der Waals surface area (Å²) in [6.07, 6.45) is 0. The third-order valence-corrected chi connectivity index (χ3v) is 2.20. The molecule has 0 spiro atoms. The maximum Gasteiger partial charge on any atom is 0.338 e. The van der Waals surface area contributed by atoms with Crippen LogP contribution in [0, 0.1) is 17.0 Å². The minimum Gasteiger partial charge on any atom is -0.478 e. The first-order valence-corrected chi connectivity index (χ1v) is 5.18. The fraction of sp³-hybridized carbons (Fsp3) is 0.100. The lowest BCUT2D eigenvalue weighted by Crippen LogP contribution is -2.26. The monoisotopic (exact) mass is 280 g/mol. The smallest absolute Gasteiger partial charge is 0.338 e. The molecule has 0 bridgehead atoms. The molecule has 1 aromatic carbocycles. The summed E-state index contributed by atoms with van der Waals surface area (Å²) in [6, 6.07) is 2.06. The van der Waals surface area contributed by atoms with E-state index in [1.165, 1.54) is 13.0 Å². The summed E-state index contributed by atoms with van der Waals surface area (Å²) in [6.45, 7) is 1.46. The van der Waals surface area contributed by atoms with Crippen LogP contribution in [-0.2, 0) is 0 Å². The summed E-state index contributed by atoms with van der Waals surface area (Å²) in [5.41, 5.74) is 15.1. The molecule has 1 rings (SSSR count). The second kappa shape index (κ2) is 5.65. The normalized spacial score (nSPS) is 10.9. The SMILES string of the molecule is Cc1cc([N+](=O)[O-])cc(C(=O)O)c1N=C(N)N=C(N)N. The molecule has 0 unspecified atom stereocenters. The van der Waals surface area contributed by atoms with Crippen molar-refractivity contribution in [3.63, 3.8) is 0 Å². The number of hydrogen-bond acceptors (Lipinski definition) is 4. The van der Waals surface area contributed by atoms with Crippen LogP contribution < -0.4 is 17.2 Å². The zero-order valence-electron chi connectivity index (χ0n) is 10.4. The Labute approximate surface area is 112 Å². The largest absolute Gasteiger partial charge is 0.478 e. The number of nitro groups is 1. The highest BCUT2D eigenvalue weighted by Gasteiger charge is 2.19. The Hall–Kier alpha value is -3.17. The van der Waals surface area contributed by atoms with Gasteiger partial charge in [-0.05, 0) is 12.5 Å². The number of aromatic carboxylic acids is 1. The number of nitro benzene ring substituents is 1. The second-order valence-electron chi connectivity index (χ2n) is 3.73. The summed E-state index contributed by atoms with van der Waals surface area (Å²) >= 11 is 0. The molecule has 0 heterocycles. The Balaban J connectivity index is 3.50. The summed E-state index contributed by atoms with van der Waals surface area (Å²) in [7, 11) is 0. The van der Waals surface area contributed by atoms with E-state index in [4.69, 9.17) is 22.3 Å². The van der Waals surface area contributed by atoms with Crippen molar-refractivity contribution in [3.8, 4) is 0 Å². The molecule has 0 aliphatic rings. The molecule has 0 fully saturated rings. The van der Waals surface area contributed by atoms with Crippen molar-refractivity contribution in [2.75, 3.05) is 0 Å². The minimum absolute atomic E-state index is 0.0504. The van der Waals surface area contributed by atoms with Crippen LogP contribution in [-0.4, -0.2) is 27.9 Å². The average molecular weight is 280 g/mol. The van der Waals surface area contributed by atoms with E-state index in [-0.39, 0.29) is 34.4 Å². The van der Waals surface area contributed by atoms with E-state index in [1.807, 2.05) is 0 Å². The summed E-state index contributed by atoms with van der Waals surface area (Å²) in [5, 5.41) is 19.8. The Bertz CT molecular complexity index is 633. The van der Waals surface area contributed by atoms with Gasteiger partial charge in [0.2, 0.25) is 5.96 Å². The molecule has 0 aliphatic carbocycles. The van der Waals surface area contributed by atoms with Crippen molar-refractivity contribution < 1.29 is 14.8 Å². The van der Waals surface area contributed by atoms with Gasteiger partial charge in [-0.1, -0.05) is 0 Å². The number of aryl methyl sites for hydroxylation is 1. The molecule has 0 radical (unpaired) electrons. The zero-order valence-corrected chi connectivity index (χ0v) is 10.4. The number of nitrogens with two attached hydrogens (primary N) is 3. The van der Waals surface area contributed by atoms with Crippen LogP contribution in [0.4, 0.5) is 11.4 Å². The van der Waals surface area contributed by atoms with Crippen LogP contribution in [0.5, 0.6) is 0 Å². The van der Waals surface area contributed by atoms with Gasteiger partial charge in [-0.25, -0.2) is 9.79 Å². The van der Waals surface area contributed by atoms with Gasteiger partial charge in [0.1, 0.15) is 0 Å². The van der Waals surface area contributed by atoms with Gasteiger partial charge in [0.05, 0.1) is 16.2 Å². The molecule has 1 aromatic rings. The molecule has 0 atom stereocenters. The van der Waals surface area contributed by atoms with Gasteiger partial charge in [-0.3, -0.25) is 10.1 Å². The zero-order chi connectivity index (χ0) is 15.4. The van der Waals surface area contributed by atoms with Gasteiger partial charge in [0.15, 0.2) is 5.96 Å². The highest BCUT2D eigenvalue weighted by atomic mass is 16.6. The van der Waals surface area contributed by atoms with Crippen molar-refractivity contribution in [1.29, 1.82) is 0 Å². The summed E-state index contributed by atoms with van der Waals surface area (Å²) in [5.74, 6) is -2.08. The Kier molecular flexibility index (Phi) is 4.20. The molecular formula is C10H12N6O4. The molecule has 0 aliphatic heterocycles.